The average Bonchev–Trinajstić information content (AvgIpc) is 2.52. The molecular weight excluding hydrogens is 326 g/mol. The molecule has 1 aromatic rings. The minimum atomic E-state index is -0.372. The normalized spacial score (nSPS) is 20.8. The first-order valence-corrected chi connectivity index (χ1v) is 9.12. The number of morpholine rings is 1. The molecule has 0 spiro atoms. The number of hydrogen-bond donors (Lipinski definition) is 0. The van der Waals surface area contributed by atoms with Crippen molar-refractivity contribution in [3.8, 4) is 0 Å². The van der Waals surface area contributed by atoms with E-state index < -0.39 is 0 Å². The third-order valence-corrected chi connectivity index (χ3v) is 4.95. The van der Waals surface area contributed by atoms with Gasteiger partial charge in [-0.1, -0.05) is 17.7 Å². The topological polar surface area (TPSA) is 55.8 Å². The Labute approximate surface area is 147 Å². The van der Waals surface area contributed by atoms with Gasteiger partial charge in [-0.25, -0.2) is 0 Å². The zero-order valence-corrected chi connectivity index (χ0v) is 15.5. The second kappa shape index (κ2) is 8.53. The standard InChI is InChI=1S/C18H25NO4S/c1-12-5-6-13(2)16(7-12)24-11-18(21)22-10-17(20)19-8-14(3)23-15(4)9-19/h5-7,14-15H,8-11H2,1-4H3/t14-,15+. The second-order valence-electron chi connectivity index (χ2n) is 6.27. The fourth-order valence-electron chi connectivity index (χ4n) is 2.66. The van der Waals surface area contributed by atoms with Crippen LogP contribution in [0.2, 0.25) is 0 Å². The number of nitrogens with zero attached hydrogens (tertiary/aromatic N) is 1. The minimum Gasteiger partial charge on any atom is -0.455 e. The second-order valence-corrected chi connectivity index (χ2v) is 7.29. The van der Waals surface area contributed by atoms with Crippen LogP contribution in [0.25, 0.3) is 0 Å². The van der Waals surface area contributed by atoms with Crippen LogP contribution < -0.4 is 0 Å². The predicted molar refractivity (Wildman–Crippen MR) is 94.2 cm³/mol. The Bertz CT molecular complexity index is 595. The number of carbonyl (C=O) groups is 2. The molecule has 2 atom stereocenters. The first-order valence-electron chi connectivity index (χ1n) is 8.14. The van der Waals surface area contributed by atoms with Gasteiger partial charge in [-0.05, 0) is 39.3 Å². The molecule has 0 aromatic heterocycles. The van der Waals surface area contributed by atoms with E-state index in [1.807, 2.05) is 39.8 Å². The lowest BCUT2D eigenvalue weighted by Crippen LogP contribution is -2.49. The molecule has 1 aliphatic heterocycles. The molecule has 0 N–H and O–H groups in total. The molecular formula is C18H25NO4S. The summed E-state index contributed by atoms with van der Waals surface area (Å²) in [4.78, 5) is 26.8. The van der Waals surface area contributed by atoms with E-state index in [-0.39, 0.29) is 36.4 Å². The number of carbonyl (C=O) groups excluding carboxylic acids is 2. The SMILES string of the molecule is Cc1ccc(C)c(SCC(=O)OCC(=O)N2C[C@@H](C)O[C@@H](C)C2)c1. The average molecular weight is 351 g/mol. The molecule has 2 rings (SSSR count). The molecule has 1 fully saturated rings. The van der Waals surface area contributed by atoms with Gasteiger partial charge in [0.05, 0.1) is 18.0 Å². The van der Waals surface area contributed by atoms with Crippen LogP contribution in [0.5, 0.6) is 0 Å². The zero-order valence-electron chi connectivity index (χ0n) is 14.7. The van der Waals surface area contributed by atoms with Gasteiger partial charge in [0, 0.05) is 18.0 Å². The molecule has 0 unspecified atom stereocenters. The summed E-state index contributed by atoms with van der Waals surface area (Å²) in [5, 5.41) is 0. The summed E-state index contributed by atoms with van der Waals surface area (Å²) >= 11 is 1.44. The van der Waals surface area contributed by atoms with Crippen LogP contribution >= 0.6 is 11.8 Å². The molecule has 1 aliphatic rings. The number of esters is 1. The Kier molecular flexibility index (Phi) is 6.69. The molecule has 1 aromatic carbocycles. The van der Waals surface area contributed by atoms with Crippen LogP contribution in [0, 0.1) is 13.8 Å². The summed E-state index contributed by atoms with van der Waals surface area (Å²) in [6.45, 7) is 8.77. The number of aryl methyl sites for hydroxylation is 2. The van der Waals surface area contributed by atoms with E-state index >= 15 is 0 Å². The van der Waals surface area contributed by atoms with Crippen molar-refractivity contribution >= 4 is 23.6 Å². The van der Waals surface area contributed by atoms with Gasteiger partial charge in [0.15, 0.2) is 6.61 Å². The molecule has 0 bridgehead atoms. The third kappa shape index (κ3) is 5.53. The van der Waals surface area contributed by atoms with Gasteiger partial charge in [-0.3, -0.25) is 9.59 Å². The van der Waals surface area contributed by atoms with Gasteiger partial charge in [-0.2, -0.15) is 0 Å². The van der Waals surface area contributed by atoms with E-state index in [2.05, 4.69) is 6.07 Å². The molecule has 1 amide bonds. The van der Waals surface area contributed by atoms with Crippen molar-refractivity contribution in [1.29, 1.82) is 0 Å². The summed E-state index contributed by atoms with van der Waals surface area (Å²) in [5.74, 6) is -0.335. The highest BCUT2D eigenvalue weighted by molar-refractivity contribution is 8.00. The molecule has 24 heavy (non-hydrogen) atoms. The van der Waals surface area contributed by atoms with Crippen LogP contribution in [0.15, 0.2) is 23.1 Å². The molecule has 1 heterocycles. The molecule has 0 aliphatic carbocycles. The van der Waals surface area contributed by atoms with Crippen LogP contribution in [-0.2, 0) is 19.1 Å². The van der Waals surface area contributed by atoms with Gasteiger partial charge in [0.25, 0.3) is 5.91 Å². The van der Waals surface area contributed by atoms with Crippen LogP contribution in [0.4, 0.5) is 0 Å². The van der Waals surface area contributed by atoms with Crippen LogP contribution in [0.3, 0.4) is 0 Å². The van der Waals surface area contributed by atoms with Crippen molar-refractivity contribution in [2.24, 2.45) is 0 Å². The van der Waals surface area contributed by atoms with E-state index in [0.29, 0.717) is 13.1 Å². The molecule has 0 saturated carbocycles. The highest BCUT2D eigenvalue weighted by Crippen LogP contribution is 2.23. The first-order chi connectivity index (χ1) is 11.3. The van der Waals surface area contributed by atoms with Gasteiger partial charge >= 0.3 is 5.97 Å². The van der Waals surface area contributed by atoms with E-state index in [9.17, 15) is 9.59 Å². The van der Waals surface area contributed by atoms with E-state index in [0.717, 1.165) is 16.0 Å². The number of amides is 1. The van der Waals surface area contributed by atoms with Crippen molar-refractivity contribution in [2.45, 2.75) is 44.8 Å². The highest BCUT2D eigenvalue weighted by atomic mass is 32.2. The molecule has 6 heteroatoms. The fraction of sp³-hybridized carbons (Fsp3) is 0.556. The summed E-state index contributed by atoms with van der Waals surface area (Å²) in [5.41, 5.74) is 2.29. The third-order valence-electron chi connectivity index (χ3n) is 3.82. The molecule has 132 valence electrons. The van der Waals surface area contributed by atoms with Crippen molar-refractivity contribution in [3.63, 3.8) is 0 Å². The Morgan fingerprint density at radius 3 is 2.58 bits per heavy atom. The van der Waals surface area contributed by atoms with Crippen molar-refractivity contribution in [2.75, 3.05) is 25.4 Å². The van der Waals surface area contributed by atoms with Gasteiger partial charge in [-0.15, -0.1) is 11.8 Å². The maximum atomic E-state index is 12.2. The first kappa shape index (κ1) is 18.8. The van der Waals surface area contributed by atoms with E-state index in [4.69, 9.17) is 9.47 Å². The number of rotatable bonds is 5. The maximum absolute atomic E-state index is 12.2. The molecule has 1 saturated heterocycles. The van der Waals surface area contributed by atoms with Gasteiger partial charge < -0.3 is 14.4 Å². The van der Waals surface area contributed by atoms with Crippen LogP contribution in [-0.4, -0.2) is 54.4 Å². The summed E-state index contributed by atoms with van der Waals surface area (Å²) in [6.07, 6.45) is 0.0153. The monoisotopic (exact) mass is 351 g/mol. The minimum absolute atomic E-state index is 0.00764. The summed E-state index contributed by atoms with van der Waals surface area (Å²) < 4.78 is 10.7. The summed E-state index contributed by atoms with van der Waals surface area (Å²) in [7, 11) is 0. The number of thioether (sulfide) groups is 1. The largest absolute Gasteiger partial charge is 0.455 e. The summed E-state index contributed by atoms with van der Waals surface area (Å²) in [6, 6.07) is 6.13. The number of hydrogen-bond acceptors (Lipinski definition) is 5. The lowest BCUT2D eigenvalue weighted by Gasteiger charge is -2.35. The zero-order chi connectivity index (χ0) is 17.7. The number of ether oxygens (including phenoxy) is 2. The van der Waals surface area contributed by atoms with Crippen molar-refractivity contribution < 1.29 is 19.1 Å². The fourth-order valence-corrected chi connectivity index (χ4v) is 3.58. The highest BCUT2D eigenvalue weighted by Gasteiger charge is 2.26. The van der Waals surface area contributed by atoms with Crippen LogP contribution in [0.1, 0.15) is 25.0 Å². The van der Waals surface area contributed by atoms with Crippen molar-refractivity contribution in [1.82, 2.24) is 4.90 Å². The number of benzene rings is 1. The lowest BCUT2D eigenvalue weighted by molar-refractivity contribution is -0.155. The van der Waals surface area contributed by atoms with E-state index in [1.54, 1.807) is 4.90 Å². The Morgan fingerprint density at radius 1 is 1.25 bits per heavy atom. The van der Waals surface area contributed by atoms with Crippen molar-refractivity contribution in [3.05, 3.63) is 29.3 Å². The molecule has 0 radical (unpaired) electrons. The predicted octanol–water partition coefficient (Wildman–Crippen LogP) is 2.57. The Balaban J connectivity index is 1.76. The molecule has 5 nitrogen and oxygen atoms in total. The Hall–Kier alpha value is -1.53. The maximum Gasteiger partial charge on any atom is 0.316 e. The lowest BCUT2D eigenvalue weighted by atomic mass is 10.2. The quantitative estimate of drug-likeness (QED) is 0.603. The van der Waals surface area contributed by atoms with E-state index in [1.165, 1.54) is 11.8 Å². The van der Waals surface area contributed by atoms with Gasteiger partial charge in [0.1, 0.15) is 0 Å². The smallest absolute Gasteiger partial charge is 0.316 e. The van der Waals surface area contributed by atoms with Gasteiger partial charge in [0.2, 0.25) is 0 Å². The Morgan fingerprint density at radius 2 is 1.92 bits per heavy atom.